The van der Waals surface area contributed by atoms with Gasteiger partial charge in [0, 0.05) is 12.0 Å². The van der Waals surface area contributed by atoms with Crippen LogP contribution in [0.4, 0.5) is 0 Å². The largest absolute Gasteiger partial charge is 0.330 e. The van der Waals surface area contributed by atoms with E-state index in [4.69, 9.17) is 5.73 Å². The first-order valence-electron chi connectivity index (χ1n) is 5.06. The molecule has 13 heavy (non-hydrogen) atoms. The van der Waals surface area contributed by atoms with Crippen molar-refractivity contribution in [2.24, 2.45) is 21.6 Å². The zero-order chi connectivity index (χ0) is 10.5. The fourth-order valence-corrected chi connectivity index (χ4v) is 1.00. The average Bonchev–Trinajstić information content (AvgIpc) is 2.02. The third-order valence-electron chi connectivity index (χ3n) is 3.01. The molecule has 0 amide bonds. The van der Waals surface area contributed by atoms with E-state index in [1.54, 1.807) is 0 Å². The van der Waals surface area contributed by atoms with Crippen molar-refractivity contribution < 1.29 is 0 Å². The molecule has 0 aliphatic heterocycles. The summed E-state index contributed by atoms with van der Waals surface area (Å²) in [6.45, 7) is 12.5. The highest BCUT2D eigenvalue weighted by molar-refractivity contribution is 5.56. The van der Waals surface area contributed by atoms with Crippen LogP contribution in [0.2, 0.25) is 0 Å². The molecular weight excluding hydrogens is 160 g/mol. The molecule has 1 unspecified atom stereocenters. The van der Waals surface area contributed by atoms with Crippen molar-refractivity contribution in [1.29, 1.82) is 0 Å². The van der Waals surface area contributed by atoms with Crippen LogP contribution in [-0.4, -0.2) is 19.3 Å². The zero-order valence-electron chi connectivity index (χ0n) is 9.72. The van der Waals surface area contributed by atoms with E-state index >= 15 is 0 Å². The smallest absolute Gasteiger partial charge is 0.0456 e. The Kier molecular flexibility index (Phi) is 4.62. The van der Waals surface area contributed by atoms with Crippen molar-refractivity contribution in [3.05, 3.63) is 0 Å². The summed E-state index contributed by atoms with van der Waals surface area (Å²) >= 11 is 0. The summed E-state index contributed by atoms with van der Waals surface area (Å²) in [4.78, 5) is 4.39. The minimum Gasteiger partial charge on any atom is -0.330 e. The SMILES string of the molecule is CCC=NCC(C)(CN)C(C)(C)C. The average molecular weight is 184 g/mol. The second kappa shape index (κ2) is 4.75. The third kappa shape index (κ3) is 3.47. The van der Waals surface area contributed by atoms with Gasteiger partial charge in [-0.15, -0.1) is 0 Å². The van der Waals surface area contributed by atoms with Gasteiger partial charge in [-0.2, -0.15) is 0 Å². The Labute approximate surface area is 82.6 Å². The maximum Gasteiger partial charge on any atom is 0.0456 e. The standard InChI is InChI=1S/C11H24N2/c1-6-7-13-9-11(5,8-12)10(2,3)4/h7H,6,8-9,12H2,1-5H3. The zero-order valence-corrected chi connectivity index (χ0v) is 9.72. The van der Waals surface area contributed by atoms with Crippen molar-refractivity contribution >= 4 is 6.21 Å². The molecule has 0 bridgehead atoms. The highest BCUT2D eigenvalue weighted by Gasteiger charge is 2.35. The lowest BCUT2D eigenvalue weighted by Gasteiger charge is -2.40. The highest BCUT2D eigenvalue weighted by Crippen LogP contribution is 2.37. The van der Waals surface area contributed by atoms with E-state index < -0.39 is 0 Å². The van der Waals surface area contributed by atoms with Crippen LogP contribution < -0.4 is 5.73 Å². The van der Waals surface area contributed by atoms with Gasteiger partial charge in [0.05, 0.1) is 0 Å². The molecule has 0 rings (SSSR count). The minimum atomic E-state index is 0.110. The molecule has 1 atom stereocenters. The van der Waals surface area contributed by atoms with Gasteiger partial charge in [0.25, 0.3) is 0 Å². The van der Waals surface area contributed by atoms with Crippen molar-refractivity contribution in [2.45, 2.75) is 41.0 Å². The maximum absolute atomic E-state index is 5.80. The van der Waals surface area contributed by atoms with Crippen LogP contribution in [0, 0.1) is 10.8 Å². The summed E-state index contributed by atoms with van der Waals surface area (Å²) in [5.41, 5.74) is 6.13. The normalized spacial score (nSPS) is 17.7. The highest BCUT2D eigenvalue weighted by atomic mass is 14.8. The van der Waals surface area contributed by atoms with E-state index in [0.29, 0.717) is 6.54 Å². The number of nitrogens with zero attached hydrogens (tertiary/aromatic N) is 1. The van der Waals surface area contributed by atoms with E-state index in [9.17, 15) is 0 Å². The summed E-state index contributed by atoms with van der Waals surface area (Å²) in [6.07, 6.45) is 2.98. The Morgan fingerprint density at radius 1 is 1.23 bits per heavy atom. The molecule has 0 aromatic carbocycles. The molecule has 0 spiro atoms. The lowest BCUT2D eigenvalue weighted by Crippen LogP contribution is -2.42. The van der Waals surface area contributed by atoms with Gasteiger partial charge in [0.15, 0.2) is 0 Å². The quantitative estimate of drug-likeness (QED) is 0.670. The summed E-state index contributed by atoms with van der Waals surface area (Å²) in [6, 6.07) is 0. The molecule has 78 valence electrons. The molecule has 0 radical (unpaired) electrons. The van der Waals surface area contributed by atoms with E-state index in [-0.39, 0.29) is 10.8 Å². The van der Waals surface area contributed by atoms with Crippen LogP contribution in [0.1, 0.15) is 41.0 Å². The van der Waals surface area contributed by atoms with Gasteiger partial charge in [-0.1, -0.05) is 34.6 Å². The van der Waals surface area contributed by atoms with Crippen LogP contribution in [0.25, 0.3) is 0 Å². The van der Waals surface area contributed by atoms with Crippen LogP contribution >= 0.6 is 0 Å². The number of aliphatic imine (C=N–C) groups is 1. The van der Waals surface area contributed by atoms with Gasteiger partial charge in [0.2, 0.25) is 0 Å². The third-order valence-corrected chi connectivity index (χ3v) is 3.01. The van der Waals surface area contributed by atoms with Crippen LogP contribution in [-0.2, 0) is 0 Å². The fourth-order valence-electron chi connectivity index (χ4n) is 1.00. The molecule has 0 aromatic rings. The van der Waals surface area contributed by atoms with E-state index in [0.717, 1.165) is 13.0 Å². The van der Waals surface area contributed by atoms with Crippen LogP contribution in [0.3, 0.4) is 0 Å². The number of rotatable bonds is 4. The Morgan fingerprint density at radius 2 is 1.77 bits per heavy atom. The van der Waals surface area contributed by atoms with E-state index in [1.165, 1.54) is 0 Å². The lowest BCUT2D eigenvalue weighted by molar-refractivity contribution is 0.129. The second-order valence-corrected chi connectivity index (χ2v) is 4.95. The molecule has 0 aliphatic carbocycles. The van der Waals surface area contributed by atoms with Gasteiger partial charge >= 0.3 is 0 Å². The van der Waals surface area contributed by atoms with Gasteiger partial charge in [-0.05, 0) is 24.6 Å². The first kappa shape index (κ1) is 12.6. The monoisotopic (exact) mass is 184 g/mol. The number of hydrogen-bond acceptors (Lipinski definition) is 2. The van der Waals surface area contributed by atoms with Crippen molar-refractivity contribution in [1.82, 2.24) is 0 Å². The van der Waals surface area contributed by atoms with Crippen LogP contribution in [0.5, 0.6) is 0 Å². The van der Waals surface area contributed by atoms with Gasteiger partial charge in [0.1, 0.15) is 0 Å². The number of hydrogen-bond donors (Lipinski definition) is 1. The first-order chi connectivity index (χ1) is 5.87. The molecule has 2 nitrogen and oxygen atoms in total. The molecule has 0 aliphatic rings. The predicted octanol–water partition coefficient (Wildman–Crippen LogP) is 2.48. The summed E-state index contributed by atoms with van der Waals surface area (Å²) < 4.78 is 0. The molecule has 0 saturated heterocycles. The van der Waals surface area contributed by atoms with Crippen molar-refractivity contribution in [2.75, 3.05) is 13.1 Å². The van der Waals surface area contributed by atoms with Gasteiger partial charge in [-0.25, -0.2) is 0 Å². The topological polar surface area (TPSA) is 38.4 Å². The molecule has 0 aromatic heterocycles. The first-order valence-corrected chi connectivity index (χ1v) is 5.06. The Balaban J connectivity index is 4.38. The molecular formula is C11H24N2. The summed E-state index contributed by atoms with van der Waals surface area (Å²) in [5, 5.41) is 0. The van der Waals surface area contributed by atoms with Crippen molar-refractivity contribution in [3.8, 4) is 0 Å². The Bertz CT molecular complexity index is 167. The fraction of sp³-hybridized carbons (Fsp3) is 0.909. The second-order valence-electron chi connectivity index (χ2n) is 4.95. The maximum atomic E-state index is 5.80. The van der Waals surface area contributed by atoms with Crippen LogP contribution in [0.15, 0.2) is 4.99 Å². The molecule has 2 heteroatoms. The predicted molar refractivity (Wildman–Crippen MR) is 60.3 cm³/mol. The molecule has 0 fully saturated rings. The molecule has 2 N–H and O–H groups in total. The van der Waals surface area contributed by atoms with Gasteiger partial charge < -0.3 is 5.73 Å². The summed E-state index contributed by atoms with van der Waals surface area (Å²) in [5.74, 6) is 0. The lowest BCUT2D eigenvalue weighted by atomic mass is 9.68. The van der Waals surface area contributed by atoms with Gasteiger partial charge in [-0.3, -0.25) is 4.99 Å². The Morgan fingerprint density at radius 3 is 2.08 bits per heavy atom. The van der Waals surface area contributed by atoms with Crippen molar-refractivity contribution in [3.63, 3.8) is 0 Å². The number of nitrogens with two attached hydrogens (primary N) is 1. The van der Waals surface area contributed by atoms with E-state index in [2.05, 4.69) is 39.6 Å². The molecule has 0 saturated carbocycles. The Hall–Kier alpha value is -0.370. The van der Waals surface area contributed by atoms with E-state index in [1.807, 2.05) is 6.21 Å². The minimum absolute atomic E-state index is 0.110. The molecule has 0 heterocycles. The summed E-state index contributed by atoms with van der Waals surface area (Å²) in [7, 11) is 0.